The number of carbonyl (C=O) groups is 2. The van der Waals surface area contributed by atoms with Crippen molar-refractivity contribution in [3.63, 3.8) is 0 Å². The molecule has 1 fully saturated rings. The van der Waals surface area contributed by atoms with E-state index in [1.54, 1.807) is 19.1 Å². The maximum atomic E-state index is 13.7. The van der Waals surface area contributed by atoms with E-state index < -0.39 is 29.7 Å². The van der Waals surface area contributed by atoms with Crippen LogP contribution in [-0.2, 0) is 9.59 Å². The van der Waals surface area contributed by atoms with Gasteiger partial charge >= 0.3 is 0 Å². The largest absolute Gasteiger partial charge is 0.390 e. The maximum absolute atomic E-state index is 13.7. The number of hydrogen-bond acceptors (Lipinski definition) is 3. The summed E-state index contributed by atoms with van der Waals surface area (Å²) in [6, 6.07) is 4.57. The van der Waals surface area contributed by atoms with Crippen LogP contribution in [0.25, 0.3) is 0 Å². The second-order valence-corrected chi connectivity index (χ2v) is 4.22. The van der Waals surface area contributed by atoms with Crippen molar-refractivity contribution in [2.24, 2.45) is 5.92 Å². The summed E-state index contributed by atoms with van der Waals surface area (Å²) in [7, 11) is 0. The maximum Gasteiger partial charge on any atom is 0.239 e. The highest BCUT2D eigenvalue weighted by molar-refractivity contribution is 6.08. The molecule has 1 aliphatic rings. The number of hydrogen-bond donors (Lipinski definition) is 3. The Bertz CT molecular complexity index is 504. The van der Waals surface area contributed by atoms with Crippen molar-refractivity contribution in [3.8, 4) is 0 Å². The Morgan fingerprint density at radius 1 is 1.56 bits per heavy atom. The number of amides is 2. The molecule has 1 heterocycles. The lowest BCUT2D eigenvalue weighted by molar-refractivity contribution is -0.132. The fourth-order valence-electron chi connectivity index (χ4n) is 1.86. The minimum Gasteiger partial charge on any atom is -0.390 e. The third kappa shape index (κ3) is 2.19. The van der Waals surface area contributed by atoms with Crippen molar-refractivity contribution in [1.29, 1.82) is 0 Å². The smallest absolute Gasteiger partial charge is 0.239 e. The van der Waals surface area contributed by atoms with Crippen LogP contribution < -0.4 is 10.6 Å². The van der Waals surface area contributed by atoms with E-state index in [4.69, 9.17) is 0 Å². The molecule has 0 aliphatic carbocycles. The number of rotatable bonds is 2. The zero-order valence-corrected chi connectivity index (χ0v) is 9.74. The molecule has 1 aliphatic heterocycles. The molecule has 1 aromatic rings. The van der Waals surface area contributed by atoms with Gasteiger partial charge in [-0.05, 0) is 18.6 Å². The van der Waals surface area contributed by atoms with E-state index in [0.717, 1.165) is 0 Å². The zero-order chi connectivity index (χ0) is 13.3. The molecule has 18 heavy (non-hydrogen) atoms. The van der Waals surface area contributed by atoms with E-state index >= 15 is 0 Å². The highest BCUT2D eigenvalue weighted by Crippen LogP contribution is 2.19. The summed E-state index contributed by atoms with van der Waals surface area (Å²) in [5, 5.41) is 14.2. The molecule has 1 aromatic carbocycles. The Morgan fingerprint density at radius 2 is 2.28 bits per heavy atom. The molecule has 6 heteroatoms. The normalized spacial score (nSPS) is 22.7. The standard InChI is InChI=1S/C12H13FN2O3/c1-6-3-2-4-7(10(6)13)15-12(18)9-8(16)5-14-11(9)17/h2-4,8-9,16H,5H2,1H3,(H,14,17)(H,15,18). The third-order valence-corrected chi connectivity index (χ3v) is 2.88. The quantitative estimate of drug-likeness (QED) is 0.657. The lowest BCUT2D eigenvalue weighted by atomic mass is 10.0. The number of aryl methyl sites for hydroxylation is 1. The fourth-order valence-corrected chi connectivity index (χ4v) is 1.86. The molecule has 96 valence electrons. The average Bonchev–Trinajstić information content (AvgIpc) is 2.65. The van der Waals surface area contributed by atoms with Crippen LogP contribution in [0.5, 0.6) is 0 Å². The summed E-state index contributed by atoms with van der Waals surface area (Å²) < 4.78 is 13.7. The topological polar surface area (TPSA) is 78.4 Å². The van der Waals surface area contributed by atoms with Gasteiger partial charge in [-0.3, -0.25) is 9.59 Å². The Morgan fingerprint density at radius 3 is 2.89 bits per heavy atom. The molecule has 2 rings (SSSR count). The van der Waals surface area contributed by atoms with Gasteiger partial charge in [0, 0.05) is 6.54 Å². The highest BCUT2D eigenvalue weighted by Gasteiger charge is 2.39. The number of β-amino-alcohol motifs (C(OH)–C–C–N with tert-alkyl or cyclic N) is 1. The Kier molecular flexibility index (Phi) is 3.29. The van der Waals surface area contributed by atoms with E-state index in [-0.39, 0.29) is 12.2 Å². The number of aliphatic hydroxyl groups excluding tert-OH is 1. The Hall–Kier alpha value is -1.95. The molecule has 0 saturated carbocycles. The lowest BCUT2D eigenvalue weighted by Crippen LogP contribution is -2.35. The summed E-state index contributed by atoms with van der Waals surface area (Å²) in [4.78, 5) is 23.1. The summed E-state index contributed by atoms with van der Waals surface area (Å²) in [6.45, 7) is 1.61. The van der Waals surface area contributed by atoms with Gasteiger partial charge in [0.15, 0.2) is 0 Å². The molecule has 2 unspecified atom stereocenters. The molecule has 1 saturated heterocycles. The SMILES string of the molecule is Cc1cccc(NC(=O)C2C(=O)NCC2O)c1F. The van der Waals surface area contributed by atoms with Crippen molar-refractivity contribution in [1.82, 2.24) is 5.32 Å². The molecule has 2 atom stereocenters. The van der Waals surface area contributed by atoms with Crippen LogP contribution in [0, 0.1) is 18.7 Å². The monoisotopic (exact) mass is 252 g/mol. The van der Waals surface area contributed by atoms with Crippen molar-refractivity contribution >= 4 is 17.5 Å². The lowest BCUT2D eigenvalue weighted by Gasteiger charge is -2.13. The fraction of sp³-hybridized carbons (Fsp3) is 0.333. The molecule has 5 nitrogen and oxygen atoms in total. The number of benzene rings is 1. The van der Waals surface area contributed by atoms with Gasteiger partial charge in [-0.15, -0.1) is 0 Å². The zero-order valence-electron chi connectivity index (χ0n) is 9.74. The highest BCUT2D eigenvalue weighted by atomic mass is 19.1. The van der Waals surface area contributed by atoms with Crippen molar-refractivity contribution in [2.45, 2.75) is 13.0 Å². The number of halogens is 1. The second-order valence-electron chi connectivity index (χ2n) is 4.22. The summed E-state index contributed by atoms with van der Waals surface area (Å²) in [5.74, 6) is -2.99. The van der Waals surface area contributed by atoms with Gasteiger partial charge in [-0.1, -0.05) is 12.1 Å². The van der Waals surface area contributed by atoms with Crippen LogP contribution in [0.1, 0.15) is 5.56 Å². The van der Waals surface area contributed by atoms with Crippen LogP contribution in [0.4, 0.5) is 10.1 Å². The number of carbonyl (C=O) groups excluding carboxylic acids is 2. The van der Waals surface area contributed by atoms with E-state index in [9.17, 15) is 19.1 Å². The second kappa shape index (κ2) is 4.73. The average molecular weight is 252 g/mol. The van der Waals surface area contributed by atoms with Gasteiger partial charge in [0.2, 0.25) is 11.8 Å². The summed E-state index contributed by atoms with van der Waals surface area (Å²) in [5.41, 5.74) is 0.399. The first-order chi connectivity index (χ1) is 8.50. The van der Waals surface area contributed by atoms with Crippen molar-refractivity contribution < 1.29 is 19.1 Å². The number of nitrogens with one attached hydrogen (secondary N) is 2. The Labute approximate surface area is 103 Å². The van der Waals surface area contributed by atoms with E-state index in [1.165, 1.54) is 6.07 Å². The molecular formula is C12H13FN2O3. The third-order valence-electron chi connectivity index (χ3n) is 2.88. The predicted molar refractivity (Wildman–Crippen MR) is 62.3 cm³/mol. The van der Waals surface area contributed by atoms with Gasteiger partial charge in [-0.25, -0.2) is 4.39 Å². The van der Waals surface area contributed by atoms with Gasteiger partial charge < -0.3 is 15.7 Å². The minimum atomic E-state index is -1.19. The van der Waals surface area contributed by atoms with Crippen molar-refractivity contribution in [3.05, 3.63) is 29.6 Å². The molecule has 0 radical (unpaired) electrons. The van der Waals surface area contributed by atoms with Gasteiger partial charge in [0.05, 0.1) is 11.8 Å². The van der Waals surface area contributed by atoms with E-state index in [1.807, 2.05) is 0 Å². The molecular weight excluding hydrogens is 239 g/mol. The predicted octanol–water partition coefficient (Wildman–Crippen LogP) is 0.180. The first-order valence-electron chi connectivity index (χ1n) is 5.52. The van der Waals surface area contributed by atoms with Crippen LogP contribution in [0.2, 0.25) is 0 Å². The molecule has 2 amide bonds. The van der Waals surface area contributed by atoms with Gasteiger partial charge in [0.1, 0.15) is 11.7 Å². The van der Waals surface area contributed by atoms with Crippen LogP contribution in [0.3, 0.4) is 0 Å². The first kappa shape index (κ1) is 12.5. The van der Waals surface area contributed by atoms with E-state index in [2.05, 4.69) is 10.6 Å². The minimum absolute atomic E-state index is 0.00639. The van der Waals surface area contributed by atoms with Crippen LogP contribution in [0.15, 0.2) is 18.2 Å². The van der Waals surface area contributed by atoms with Crippen LogP contribution in [-0.4, -0.2) is 29.6 Å². The van der Waals surface area contributed by atoms with E-state index in [0.29, 0.717) is 5.56 Å². The Balaban J connectivity index is 2.16. The van der Waals surface area contributed by atoms with Gasteiger partial charge in [0.25, 0.3) is 0 Å². The van der Waals surface area contributed by atoms with Crippen LogP contribution >= 0.6 is 0 Å². The first-order valence-corrected chi connectivity index (χ1v) is 5.52. The molecule has 0 aromatic heterocycles. The number of aliphatic hydroxyl groups is 1. The van der Waals surface area contributed by atoms with Crippen molar-refractivity contribution in [2.75, 3.05) is 11.9 Å². The molecule has 0 spiro atoms. The van der Waals surface area contributed by atoms with Gasteiger partial charge in [-0.2, -0.15) is 0 Å². The number of anilines is 1. The summed E-state index contributed by atoms with van der Waals surface area (Å²) in [6.07, 6.45) is -1.08. The summed E-state index contributed by atoms with van der Waals surface area (Å²) >= 11 is 0. The molecule has 3 N–H and O–H groups in total. The molecule has 0 bridgehead atoms.